The van der Waals surface area contributed by atoms with Gasteiger partial charge in [-0.05, 0) is 42.9 Å². The van der Waals surface area contributed by atoms with Gasteiger partial charge < -0.3 is 15.3 Å². The second-order valence-corrected chi connectivity index (χ2v) is 7.55. The van der Waals surface area contributed by atoms with Crippen molar-refractivity contribution in [2.75, 3.05) is 16.8 Å². The highest BCUT2D eigenvalue weighted by molar-refractivity contribution is 6.34. The summed E-state index contributed by atoms with van der Waals surface area (Å²) >= 11 is 6.31. The van der Waals surface area contributed by atoms with E-state index in [0.717, 1.165) is 6.42 Å². The Kier molecular flexibility index (Phi) is 4.23. The van der Waals surface area contributed by atoms with E-state index in [1.54, 1.807) is 23.1 Å². The van der Waals surface area contributed by atoms with Gasteiger partial charge in [0.1, 0.15) is 0 Å². The Bertz CT molecular complexity index is 822. The molecular weight excluding hydrogens is 356 g/mol. The first-order valence-corrected chi connectivity index (χ1v) is 9.15. The first-order chi connectivity index (χ1) is 12.5. The van der Waals surface area contributed by atoms with Gasteiger partial charge in [-0.3, -0.25) is 14.4 Å². The van der Waals surface area contributed by atoms with Gasteiger partial charge in [0, 0.05) is 18.7 Å². The van der Waals surface area contributed by atoms with E-state index in [-0.39, 0.29) is 23.7 Å². The zero-order chi connectivity index (χ0) is 18.4. The van der Waals surface area contributed by atoms with Crippen LogP contribution in [0.5, 0.6) is 0 Å². The molecule has 1 saturated heterocycles. The van der Waals surface area contributed by atoms with Crippen molar-refractivity contribution in [3.63, 3.8) is 0 Å². The molecule has 1 aliphatic heterocycles. The zero-order valence-corrected chi connectivity index (χ0v) is 14.8. The molecule has 1 aromatic carbocycles. The number of carboxylic acids is 1. The molecule has 2 aliphatic carbocycles. The van der Waals surface area contributed by atoms with Crippen LogP contribution in [0.2, 0.25) is 5.02 Å². The number of hydrogen-bond acceptors (Lipinski definition) is 3. The summed E-state index contributed by atoms with van der Waals surface area (Å²) in [5.41, 5.74) is 1.14. The van der Waals surface area contributed by atoms with Crippen LogP contribution in [-0.2, 0) is 14.4 Å². The summed E-state index contributed by atoms with van der Waals surface area (Å²) in [4.78, 5) is 37.8. The summed E-state index contributed by atoms with van der Waals surface area (Å²) < 4.78 is 0. The van der Waals surface area contributed by atoms with Gasteiger partial charge in [0.15, 0.2) is 0 Å². The van der Waals surface area contributed by atoms with Gasteiger partial charge >= 0.3 is 5.97 Å². The predicted octanol–water partition coefficient (Wildman–Crippen LogP) is 2.93. The smallest absolute Gasteiger partial charge is 0.307 e. The largest absolute Gasteiger partial charge is 0.481 e. The second-order valence-electron chi connectivity index (χ2n) is 7.14. The summed E-state index contributed by atoms with van der Waals surface area (Å²) in [5.74, 6) is -2.53. The van der Waals surface area contributed by atoms with E-state index in [9.17, 15) is 19.5 Å². The highest BCUT2D eigenvalue weighted by Crippen LogP contribution is 2.48. The number of carbonyl (C=O) groups excluding carboxylic acids is 2. The molecule has 0 radical (unpaired) electrons. The molecule has 6 nitrogen and oxygen atoms in total. The monoisotopic (exact) mass is 374 g/mol. The van der Waals surface area contributed by atoms with E-state index in [0.29, 0.717) is 35.8 Å². The molecule has 4 rings (SSSR count). The number of carboxylic acid groups (broad SMARTS) is 1. The third-order valence-electron chi connectivity index (χ3n) is 5.63. The summed E-state index contributed by atoms with van der Waals surface area (Å²) in [6.45, 7) is 0.641. The number of fused-ring (bicyclic) bond motifs is 2. The minimum Gasteiger partial charge on any atom is -0.481 e. The van der Waals surface area contributed by atoms with Gasteiger partial charge in [0.05, 0.1) is 22.5 Å². The van der Waals surface area contributed by atoms with E-state index in [2.05, 4.69) is 5.32 Å². The molecule has 2 N–H and O–H groups in total. The fourth-order valence-corrected chi connectivity index (χ4v) is 4.73. The van der Waals surface area contributed by atoms with Crippen molar-refractivity contribution in [3.05, 3.63) is 35.4 Å². The number of amides is 2. The maximum absolute atomic E-state index is 12.7. The molecule has 3 aliphatic rings. The molecule has 26 heavy (non-hydrogen) atoms. The molecule has 0 aromatic heterocycles. The van der Waals surface area contributed by atoms with Crippen LogP contribution in [0.3, 0.4) is 0 Å². The summed E-state index contributed by atoms with van der Waals surface area (Å²) in [5, 5.41) is 12.7. The van der Waals surface area contributed by atoms with Crippen LogP contribution in [0.15, 0.2) is 30.4 Å². The molecule has 0 unspecified atom stereocenters. The lowest BCUT2D eigenvalue weighted by atomic mass is 9.82. The molecule has 7 heteroatoms. The number of nitrogens with one attached hydrogen (secondary N) is 1. The van der Waals surface area contributed by atoms with Crippen molar-refractivity contribution >= 4 is 40.8 Å². The van der Waals surface area contributed by atoms with Gasteiger partial charge in [0.25, 0.3) is 0 Å². The topological polar surface area (TPSA) is 86.7 Å². The van der Waals surface area contributed by atoms with Crippen molar-refractivity contribution in [1.29, 1.82) is 0 Å². The lowest BCUT2D eigenvalue weighted by molar-refractivity contribution is -0.146. The fraction of sp³-hybridized carbons (Fsp3) is 0.421. The average Bonchev–Trinajstić information content (AvgIpc) is 3.30. The summed E-state index contributed by atoms with van der Waals surface area (Å²) in [7, 11) is 0. The van der Waals surface area contributed by atoms with Crippen LogP contribution in [0.1, 0.15) is 19.3 Å². The number of rotatable bonds is 4. The minimum atomic E-state index is -0.928. The Morgan fingerprint density at radius 2 is 1.92 bits per heavy atom. The molecule has 2 fully saturated rings. The molecular formula is C19H19ClN2O4. The highest BCUT2D eigenvalue weighted by atomic mass is 35.5. The average molecular weight is 375 g/mol. The number of halogens is 1. The van der Waals surface area contributed by atoms with Crippen molar-refractivity contribution < 1.29 is 19.5 Å². The first kappa shape index (κ1) is 17.1. The Morgan fingerprint density at radius 1 is 1.19 bits per heavy atom. The molecule has 1 aromatic rings. The number of allylic oxidation sites excluding steroid dienone is 2. The minimum absolute atomic E-state index is 0.0296. The quantitative estimate of drug-likeness (QED) is 0.793. The fourth-order valence-electron chi connectivity index (χ4n) is 4.45. The number of anilines is 2. The molecule has 2 bridgehead atoms. The summed E-state index contributed by atoms with van der Waals surface area (Å²) in [6.07, 6.45) is 5.90. The lowest BCUT2D eigenvalue weighted by Crippen LogP contribution is -2.36. The Labute approximate surface area is 155 Å². The molecule has 136 valence electrons. The van der Waals surface area contributed by atoms with E-state index >= 15 is 0 Å². The van der Waals surface area contributed by atoms with Crippen LogP contribution in [0.4, 0.5) is 11.4 Å². The number of nitrogens with zero attached hydrogens (tertiary/aromatic N) is 1. The van der Waals surface area contributed by atoms with Crippen molar-refractivity contribution in [2.24, 2.45) is 23.7 Å². The van der Waals surface area contributed by atoms with Crippen LogP contribution in [-0.4, -0.2) is 29.4 Å². The standard InChI is InChI=1S/C19H19ClN2O4/c20-13-9-12(5-6-14(13)22-7-1-2-15(22)23)21-18(24)16-10-3-4-11(8-10)17(16)19(25)26/h3-6,9-11,16-17H,1-2,7-8H2,(H,21,24)(H,25,26)/t10-,11-,16-,17+/m0/s1. The normalized spacial score (nSPS) is 29.4. The number of benzene rings is 1. The van der Waals surface area contributed by atoms with Gasteiger partial charge in [-0.2, -0.15) is 0 Å². The van der Waals surface area contributed by atoms with E-state index < -0.39 is 17.8 Å². The Balaban J connectivity index is 1.51. The summed E-state index contributed by atoms with van der Waals surface area (Å²) in [6, 6.07) is 5.03. The van der Waals surface area contributed by atoms with Crippen LogP contribution < -0.4 is 10.2 Å². The Morgan fingerprint density at radius 3 is 2.54 bits per heavy atom. The maximum Gasteiger partial charge on any atom is 0.307 e. The van der Waals surface area contributed by atoms with Gasteiger partial charge in [-0.25, -0.2) is 0 Å². The van der Waals surface area contributed by atoms with E-state index in [1.807, 2.05) is 12.2 Å². The van der Waals surface area contributed by atoms with Crippen molar-refractivity contribution in [3.8, 4) is 0 Å². The molecule has 4 atom stereocenters. The molecule has 0 spiro atoms. The number of hydrogen-bond donors (Lipinski definition) is 2. The van der Waals surface area contributed by atoms with Gasteiger partial charge in [-0.1, -0.05) is 23.8 Å². The maximum atomic E-state index is 12.7. The third kappa shape index (κ3) is 2.78. The van der Waals surface area contributed by atoms with E-state index in [4.69, 9.17) is 11.6 Å². The number of carbonyl (C=O) groups is 3. The van der Waals surface area contributed by atoms with Gasteiger partial charge in [0.2, 0.25) is 11.8 Å². The van der Waals surface area contributed by atoms with Crippen molar-refractivity contribution in [1.82, 2.24) is 0 Å². The van der Waals surface area contributed by atoms with Crippen LogP contribution in [0.25, 0.3) is 0 Å². The molecule has 1 heterocycles. The first-order valence-electron chi connectivity index (χ1n) is 8.77. The molecule has 1 saturated carbocycles. The Hall–Kier alpha value is -2.34. The lowest BCUT2D eigenvalue weighted by Gasteiger charge is -2.24. The van der Waals surface area contributed by atoms with Gasteiger partial charge in [-0.15, -0.1) is 0 Å². The van der Waals surface area contributed by atoms with E-state index in [1.165, 1.54) is 0 Å². The predicted molar refractivity (Wildman–Crippen MR) is 97.0 cm³/mol. The second kappa shape index (κ2) is 6.43. The number of aliphatic carboxylic acids is 1. The van der Waals surface area contributed by atoms with Crippen molar-refractivity contribution in [2.45, 2.75) is 19.3 Å². The SMILES string of the molecule is O=C(Nc1ccc(N2CCCC2=O)c(Cl)c1)[C@@H]1[C@H](C(=O)O)[C@H]2C=C[C@H]1C2. The zero-order valence-electron chi connectivity index (χ0n) is 14.0. The third-order valence-corrected chi connectivity index (χ3v) is 5.93. The molecule has 2 amide bonds. The van der Waals surface area contributed by atoms with Crippen LogP contribution >= 0.6 is 11.6 Å². The van der Waals surface area contributed by atoms with Crippen LogP contribution in [0, 0.1) is 23.7 Å². The highest BCUT2D eigenvalue weighted by Gasteiger charge is 2.51.